The molecule has 2 atom stereocenters. The second kappa shape index (κ2) is 5.01. The molecule has 1 aliphatic rings. The van der Waals surface area contributed by atoms with Gasteiger partial charge < -0.3 is 5.32 Å². The summed E-state index contributed by atoms with van der Waals surface area (Å²) in [6.07, 6.45) is 2.60. The summed E-state index contributed by atoms with van der Waals surface area (Å²) in [7, 11) is -0.930. The van der Waals surface area contributed by atoms with Gasteiger partial charge in [0, 0.05) is 24.3 Å². The van der Waals surface area contributed by atoms with Crippen LogP contribution >= 0.6 is 0 Å². The Morgan fingerprint density at radius 3 is 2.78 bits per heavy atom. The Balaban J connectivity index is 2.27. The van der Waals surface area contributed by atoms with Crippen LogP contribution in [0.2, 0.25) is 0 Å². The van der Waals surface area contributed by atoms with Crippen LogP contribution in [0.25, 0.3) is 0 Å². The predicted molar refractivity (Wildman–Crippen MR) is 71.1 cm³/mol. The maximum Gasteiger partial charge on any atom is 0.150 e. The molecule has 1 aromatic heterocycles. The van der Waals surface area contributed by atoms with E-state index in [-0.39, 0.29) is 12.0 Å². The molecule has 0 spiro atoms. The molecule has 0 aromatic carbocycles. The van der Waals surface area contributed by atoms with E-state index in [2.05, 4.69) is 10.4 Å². The molecular formula is C12H21N3O2S. The number of nitrogens with zero attached hydrogens (tertiary/aromatic N) is 2. The summed E-state index contributed by atoms with van der Waals surface area (Å²) in [4.78, 5) is 0. The van der Waals surface area contributed by atoms with Crippen LogP contribution in [0.3, 0.4) is 0 Å². The van der Waals surface area contributed by atoms with Crippen LogP contribution in [0, 0.1) is 12.8 Å². The van der Waals surface area contributed by atoms with Crippen LogP contribution in [-0.4, -0.2) is 36.2 Å². The third kappa shape index (κ3) is 2.59. The molecule has 6 heteroatoms. The van der Waals surface area contributed by atoms with Crippen molar-refractivity contribution in [2.75, 3.05) is 18.1 Å². The Morgan fingerprint density at radius 2 is 2.33 bits per heavy atom. The van der Waals surface area contributed by atoms with Gasteiger partial charge in [0.15, 0.2) is 9.84 Å². The lowest BCUT2D eigenvalue weighted by molar-refractivity contribution is 0.398. The minimum atomic E-state index is -2.84. The summed E-state index contributed by atoms with van der Waals surface area (Å²) in [5.41, 5.74) is 2.23. The third-order valence-electron chi connectivity index (χ3n) is 3.77. The summed E-state index contributed by atoms with van der Waals surface area (Å²) >= 11 is 0. The topological polar surface area (TPSA) is 64.0 Å². The fourth-order valence-corrected chi connectivity index (χ4v) is 4.50. The number of sulfone groups is 1. The molecule has 1 N–H and O–H groups in total. The molecule has 0 radical (unpaired) electrons. The second-order valence-electron chi connectivity index (χ2n) is 5.01. The van der Waals surface area contributed by atoms with Crippen molar-refractivity contribution >= 4 is 9.84 Å². The molecule has 2 heterocycles. The van der Waals surface area contributed by atoms with Crippen molar-refractivity contribution in [3.63, 3.8) is 0 Å². The minimum Gasteiger partial charge on any atom is -0.310 e. The van der Waals surface area contributed by atoms with Crippen LogP contribution in [-0.2, 0) is 16.9 Å². The van der Waals surface area contributed by atoms with Crippen LogP contribution in [0.15, 0.2) is 6.20 Å². The van der Waals surface area contributed by atoms with Gasteiger partial charge in [0.25, 0.3) is 0 Å². The Morgan fingerprint density at radius 1 is 1.61 bits per heavy atom. The van der Waals surface area contributed by atoms with Gasteiger partial charge in [-0.15, -0.1) is 0 Å². The largest absolute Gasteiger partial charge is 0.310 e. The first-order valence-corrected chi connectivity index (χ1v) is 8.19. The highest BCUT2D eigenvalue weighted by molar-refractivity contribution is 7.91. The molecule has 102 valence electrons. The molecular weight excluding hydrogens is 250 g/mol. The monoisotopic (exact) mass is 271 g/mol. The van der Waals surface area contributed by atoms with E-state index in [1.807, 2.05) is 31.8 Å². The number of rotatable bonds is 4. The van der Waals surface area contributed by atoms with E-state index in [0.717, 1.165) is 24.2 Å². The first-order chi connectivity index (χ1) is 8.44. The van der Waals surface area contributed by atoms with E-state index in [4.69, 9.17) is 0 Å². The van der Waals surface area contributed by atoms with Crippen molar-refractivity contribution in [2.24, 2.45) is 13.0 Å². The second-order valence-corrected chi connectivity index (χ2v) is 7.24. The zero-order valence-electron chi connectivity index (χ0n) is 11.2. The third-order valence-corrected chi connectivity index (χ3v) is 5.57. The van der Waals surface area contributed by atoms with Crippen molar-refractivity contribution in [3.05, 3.63) is 17.5 Å². The van der Waals surface area contributed by atoms with Gasteiger partial charge in [-0.2, -0.15) is 5.10 Å². The number of nitrogens with one attached hydrogen (secondary N) is 1. The quantitative estimate of drug-likeness (QED) is 0.880. The standard InChI is InChI=1S/C12H21N3O2S/c1-4-13-12(10-5-6-18(16,17)8-10)11-7-14-15(3)9(11)2/h7,10,12-13H,4-6,8H2,1-3H3. The lowest BCUT2D eigenvalue weighted by atomic mass is 9.93. The van der Waals surface area contributed by atoms with Gasteiger partial charge in [0.05, 0.1) is 17.7 Å². The molecule has 5 nitrogen and oxygen atoms in total. The van der Waals surface area contributed by atoms with E-state index < -0.39 is 9.84 Å². The van der Waals surface area contributed by atoms with Crippen molar-refractivity contribution < 1.29 is 8.42 Å². The molecule has 2 unspecified atom stereocenters. The van der Waals surface area contributed by atoms with Gasteiger partial charge in [-0.3, -0.25) is 4.68 Å². The first-order valence-electron chi connectivity index (χ1n) is 6.37. The van der Waals surface area contributed by atoms with Gasteiger partial charge in [-0.25, -0.2) is 8.42 Å². The molecule has 1 aliphatic heterocycles. The number of aromatic nitrogens is 2. The van der Waals surface area contributed by atoms with Crippen molar-refractivity contribution in [2.45, 2.75) is 26.3 Å². The summed E-state index contributed by atoms with van der Waals surface area (Å²) in [6, 6.07) is 0.0981. The number of hydrogen-bond acceptors (Lipinski definition) is 4. The summed E-state index contributed by atoms with van der Waals surface area (Å²) in [5, 5.41) is 7.67. The Labute approximate surface area is 108 Å². The van der Waals surface area contributed by atoms with Gasteiger partial charge >= 0.3 is 0 Å². The molecule has 0 saturated carbocycles. The van der Waals surface area contributed by atoms with E-state index in [1.54, 1.807) is 0 Å². The fraction of sp³-hybridized carbons (Fsp3) is 0.750. The first kappa shape index (κ1) is 13.5. The molecule has 1 aromatic rings. The van der Waals surface area contributed by atoms with Gasteiger partial charge in [0.1, 0.15) is 0 Å². The molecule has 1 fully saturated rings. The van der Waals surface area contributed by atoms with E-state index in [9.17, 15) is 8.42 Å². The molecule has 0 bridgehead atoms. The van der Waals surface area contributed by atoms with Crippen molar-refractivity contribution in [1.82, 2.24) is 15.1 Å². The lowest BCUT2D eigenvalue weighted by Gasteiger charge is -2.23. The maximum atomic E-state index is 11.6. The van der Waals surface area contributed by atoms with Gasteiger partial charge in [-0.05, 0) is 25.8 Å². The Kier molecular flexibility index (Phi) is 3.77. The molecule has 0 amide bonds. The summed E-state index contributed by atoms with van der Waals surface area (Å²) in [6.45, 7) is 4.90. The number of aryl methyl sites for hydroxylation is 1. The van der Waals surface area contributed by atoms with Crippen LogP contribution in [0.1, 0.15) is 30.6 Å². The van der Waals surface area contributed by atoms with E-state index in [1.165, 1.54) is 0 Å². The zero-order chi connectivity index (χ0) is 13.3. The Bertz CT molecular complexity index is 521. The highest BCUT2D eigenvalue weighted by Crippen LogP contribution is 2.32. The lowest BCUT2D eigenvalue weighted by Crippen LogP contribution is -2.29. The van der Waals surface area contributed by atoms with E-state index >= 15 is 0 Å². The summed E-state index contributed by atoms with van der Waals surface area (Å²) < 4.78 is 25.1. The predicted octanol–water partition coefficient (Wildman–Crippen LogP) is 0.814. The molecule has 0 aliphatic carbocycles. The highest BCUT2D eigenvalue weighted by atomic mass is 32.2. The number of hydrogen-bond donors (Lipinski definition) is 1. The van der Waals surface area contributed by atoms with Gasteiger partial charge in [-0.1, -0.05) is 6.92 Å². The minimum absolute atomic E-state index is 0.0981. The van der Waals surface area contributed by atoms with E-state index in [0.29, 0.717) is 11.5 Å². The van der Waals surface area contributed by atoms with Crippen LogP contribution < -0.4 is 5.32 Å². The van der Waals surface area contributed by atoms with Gasteiger partial charge in [0.2, 0.25) is 0 Å². The Hall–Kier alpha value is -0.880. The average molecular weight is 271 g/mol. The smallest absolute Gasteiger partial charge is 0.150 e. The average Bonchev–Trinajstić information content (AvgIpc) is 2.81. The maximum absolute atomic E-state index is 11.6. The van der Waals surface area contributed by atoms with Crippen LogP contribution in [0.5, 0.6) is 0 Å². The van der Waals surface area contributed by atoms with Crippen molar-refractivity contribution in [3.8, 4) is 0 Å². The fourth-order valence-electron chi connectivity index (χ4n) is 2.66. The normalized spacial score (nSPS) is 24.3. The summed E-state index contributed by atoms with van der Waals surface area (Å²) in [5.74, 6) is 0.774. The molecule has 1 saturated heterocycles. The highest BCUT2D eigenvalue weighted by Gasteiger charge is 2.35. The zero-order valence-corrected chi connectivity index (χ0v) is 12.0. The molecule has 2 rings (SSSR count). The van der Waals surface area contributed by atoms with Crippen LogP contribution in [0.4, 0.5) is 0 Å². The SMILES string of the molecule is CCNC(c1cnn(C)c1C)C1CCS(=O)(=O)C1. The van der Waals surface area contributed by atoms with Crippen molar-refractivity contribution in [1.29, 1.82) is 0 Å². The molecule has 18 heavy (non-hydrogen) atoms.